The molecule has 0 amide bonds. The molecule has 0 heterocycles. The minimum absolute atomic E-state index is 0.0284. The van der Waals surface area contributed by atoms with Crippen LogP contribution in [0.5, 0.6) is 0 Å². The van der Waals surface area contributed by atoms with E-state index in [9.17, 15) is 24.4 Å². The number of rotatable bonds is 4. The van der Waals surface area contributed by atoms with Crippen molar-refractivity contribution in [2.75, 3.05) is 6.61 Å². The summed E-state index contributed by atoms with van der Waals surface area (Å²) in [6.07, 6.45) is 6.76. The molecule has 4 N–H and O–H groups in total. The minimum atomic E-state index is -4.84. The van der Waals surface area contributed by atoms with E-state index in [1.54, 1.807) is 19.1 Å². The molecule has 8 nitrogen and oxygen atoms in total. The highest BCUT2D eigenvalue weighted by Crippen LogP contribution is 2.67. The van der Waals surface area contributed by atoms with Crippen molar-refractivity contribution in [3.63, 3.8) is 0 Å². The van der Waals surface area contributed by atoms with Gasteiger partial charge in [-0.1, -0.05) is 25.5 Å². The van der Waals surface area contributed by atoms with Crippen LogP contribution >= 0.6 is 7.82 Å². The number of aliphatic hydroxyl groups is 2. The van der Waals surface area contributed by atoms with E-state index in [-0.39, 0.29) is 36.4 Å². The summed E-state index contributed by atoms with van der Waals surface area (Å²) in [5.74, 6) is -0.888. The Bertz CT molecular complexity index is 889. The van der Waals surface area contributed by atoms with Gasteiger partial charge in [0.15, 0.2) is 11.6 Å². The van der Waals surface area contributed by atoms with Gasteiger partial charge in [-0.25, -0.2) is 4.57 Å². The van der Waals surface area contributed by atoms with Crippen LogP contribution in [-0.2, 0) is 18.7 Å². The maximum atomic E-state index is 12.8. The molecule has 0 radical (unpaired) electrons. The van der Waals surface area contributed by atoms with Gasteiger partial charge in [0.1, 0.15) is 12.2 Å². The number of phosphoric ester groups is 1. The first kappa shape index (κ1) is 22.1. The van der Waals surface area contributed by atoms with E-state index in [1.807, 2.05) is 13.0 Å². The molecule has 3 fully saturated rings. The van der Waals surface area contributed by atoms with Crippen molar-refractivity contribution in [2.24, 2.45) is 28.6 Å². The smallest absolute Gasteiger partial charge is 0.393 e. The van der Waals surface area contributed by atoms with Gasteiger partial charge < -0.3 is 20.0 Å². The van der Waals surface area contributed by atoms with Crippen molar-refractivity contribution < 1.29 is 38.7 Å². The van der Waals surface area contributed by atoms with Crippen molar-refractivity contribution in [2.45, 2.75) is 57.7 Å². The normalized spacial score (nSPS) is 45.4. The third kappa shape index (κ3) is 3.12. The average Bonchev–Trinajstić information content (AvgIpc) is 2.91. The van der Waals surface area contributed by atoms with Crippen LogP contribution in [0.1, 0.15) is 46.0 Å². The summed E-state index contributed by atoms with van der Waals surface area (Å²) in [6, 6.07) is 0. The number of hydrogen-bond acceptors (Lipinski definition) is 6. The minimum Gasteiger partial charge on any atom is -0.393 e. The van der Waals surface area contributed by atoms with Crippen LogP contribution in [0.4, 0.5) is 0 Å². The highest BCUT2D eigenvalue weighted by atomic mass is 31.2. The van der Waals surface area contributed by atoms with Crippen molar-refractivity contribution in [3.8, 4) is 0 Å². The van der Waals surface area contributed by atoms with Gasteiger partial charge in [-0.05, 0) is 56.1 Å². The van der Waals surface area contributed by atoms with Crippen LogP contribution in [-0.4, -0.2) is 49.9 Å². The number of Topliss-reactive ketones (excluding diaryl/α,β-unsaturated/α-hetero) is 1. The first-order chi connectivity index (χ1) is 13.8. The lowest BCUT2D eigenvalue weighted by Crippen LogP contribution is -2.61. The lowest BCUT2D eigenvalue weighted by atomic mass is 9.46. The molecule has 0 aliphatic heterocycles. The summed E-state index contributed by atoms with van der Waals surface area (Å²) in [5.41, 5.74) is -2.15. The summed E-state index contributed by atoms with van der Waals surface area (Å²) in [6.45, 7) is 2.97. The van der Waals surface area contributed by atoms with Crippen LogP contribution in [0.15, 0.2) is 23.8 Å². The Kier molecular flexibility index (Phi) is 5.09. The molecule has 30 heavy (non-hydrogen) atoms. The molecular weight excluding hydrogens is 411 g/mol. The fourth-order valence-corrected chi connectivity index (χ4v) is 7.34. The predicted octanol–water partition coefficient (Wildman–Crippen LogP) is 1.67. The van der Waals surface area contributed by atoms with E-state index in [1.165, 1.54) is 0 Å². The fourth-order valence-electron chi connectivity index (χ4n) is 7.05. The van der Waals surface area contributed by atoms with Crippen molar-refractivity contribution in [1.29, 1.82) is 0 Å². The largest absolute Gasteiger partial charge is 0.470 e. The van der Waals surface area contributed by atoms with E-state index < -0.39 is 42.7 Å². The SMILES string of the molecule is C[C@]12C=CC(=O)C=C1CC[C@H]1[C@H]2[C@@H](O)C[C@@]2(C)[C@H]1CC[C@]2(O)C(=O)COP(=O)(O)O. The van der Waals surface area contributed by atoms with Gasteiger partial charge in [0, 0.05) is 16.7 Å². The van der Waals surface area contributed by atoms with Crippen LogP contribution in [0.2, 0.25) is 0 Å². The van der Waals surface area contributed by atoms with Gasteiger partial charge in [-0.2, -0.15) is 0 Å². The highest BCUT2D eigenvalue weighted by molar-refractivity contribution is 7.46. The molecule has 0 spiro atoms. The Morgan fingerprint density at radius 1 is 1.30 bits per heavy atom. The van der Waals surface area contributed by atoms with E-state index in [0.717, 1.165) is 18.4 Å². The van der Waals surface area contributed by atoms with Crippen LogP contribution in [0.25, 0.3) is 0 Å². The molecule has 4 rings (SSSR count). The van der Waals surface area contributed by atoms with Gasteiger partial charge in [0.2, 0.25) is 0 Å². The molecule has 9 heteroatoms. The zero-order chi connectivity index (χ0) is 22.1. The molecule has 0 aromatic heterocycles. The topological polar surface area (TPSA) is 141 Å². The first-order valence-electron chi connectivity index (χ1n) is 10.4. The molecule has 166 valence electrons. The zero-order valence-corrected chi connectivity index (χ0v) is 18.0. The summed E-state index contributed by atoms with van der Waals surface area (Å²) in [7, 11) is -4.84. The number of ketones is 2. The zero-order valence-electron chi connectivity index (χ0n) is 17.2. The van der Waals surface area contributed by atoms with Crippen LogP contribution in [0.3, 0.4) is 0 Å². The van der Waals surface area contributed by atoms with E-state index in [0.29, 0.717) is 6.42 Å². The maximum Gasteiger partial charge on any atom is 0.470 e. The van der Waals surface area contributed by atoms with E-state index >= 15 is 0 Å². The summed E-state index contributed by atoms with van der Waals surface area (Å²) in [4.78, 5) is 42.5. The average molecular weight is 440 g/mol. The Labute approximate surface area is 175 Å². The van der Waals surface area contributed by atoms with Crippen molar-refractivity contribution >= 4 is 19.4 Å². The van der Waals surface area contributed by atoms with Gasteiger partial charge in [-0.3, -0.25) is 14.1 Å². The third-order valence-corrected chi connectivity index (χ3v) is 8.94. The summed E-state index contributed by atoms with van der Waals surface area (Å²) >= 11 is 0. The second-order valence-electron chi connectivity index (χ2n) is 9.80. The number of aliphatic hydroxyl groups excluding tert-OH is 1. The molecule has 0 aromatic carbocycles. The maximum absolute atomic E-state index is 12.8. The highest BCUT2D eigenvalue weighted by Gasteiger charge is 2.68. The molecule has 3 saturated carbocycles. The lowest BCUT2D eigenvalue weighted by molar-refractivity contribution is -0.178. The molecule has 4 aliphatic carbocycles. The van der Waals surface area contributed by atoms with Gasteiger partial charge in [0.25, 0.3) is 0 Å². The summed E-state index contributed by atoms with van der Waals surface area (Å²) < 4.78 is 15.4. The number of allylic oxidation sites excluding steroid dienone is 4. The Morgan fingerprint density at radius 2 is 2.00 bits per heavy atom. The number of fused-ring (bicyclic) bond motifs is 5. The first-order valence-corrected chi connectivity index (χ1v) is 11.9. The van der Waals surface area contributed by atoms with Crippen molar-refractivity contribution in [3.05, 3.63) is 23.8 Å². The molecule has 4 aliphatic rings. The molecule has 0 bridgehead atoms. The van der Waals surface area contributed by atoms with Gasteiger partial charge >= 0.3 is 7.82 Å². The second-order valence-corrected chi connectivity index (χ2v) is 11.0. The van der Waals surface area contributed by atoms with Crippen molar-refractivity contribution in [1.82, 2.24) is 0 Å². The predicted molar refractivity (Wildman–Crippen MR) is 106 cm³/mol. The number of carbonyl (C=O) groups excluding carboxylic acids is 2. The van der Waals surface area contributed by atoms with E-state index in [4.69, 9.17) is 9.79 Å². The molecular formula is C21H29O8P. The fraction of sp³-hybridized carbons (Fsp3) is 0.714. The molecule has 7 atom stereocenters. The molecule has 0 saturated heterocycles. The van der Waals surface area contributed by atoms with Gasteiger partial charge in [-0.15, -0.1) is 0 Å². The standard InChI is InChI=1S/C21H29O8P/c1-19-7-5-13(22)9-12(19)3-4-14-15-6-8-21(25,17(24)11-29-30(26,27)28)20(15,2)10-16(23)18(14)19/h5,7,9,14-16,18,23,25H,3-4,6,8,10-11H2,1-2H3,(H2,26,27,28)/t14-,15+,16+,18+,19+,20+,21+/m1/s1. The number of hydrogen-bond donors (Lipinski definition) is 4. The van der Waals surface area contributed by atoms with E-state index in [2.05, 4.69) is 4.52 Å². The quantitative estimate of drug-likeness (QED) is 0.484. The Morgan fingerprint density at radius 3 is 2.67 bits per heavy atom. The Hall–Kier alpha value is -1.15. The monoisotopic (exact) mass is 440 g/mol. The summed E-state index contributed by atoms with van der Waals surface area (Å²) in [5, 5.41) is 22.6. The van der Waals surface area contributed by atoms with Gasteiger partial charge in [0.05, 0.1) is 6.10 Å². The molecule has 0 aromatic rings. The number of phosphoric acid groups is 1. The second kappa shape index (κ2) is 6.92. The van der Waals surface area contributed by atoms with Crippen LogP contribution < -0.4 is 0 Å². The Balaban J connectivity index is 1.65. The lowest BCUT2D eigenvalue weighted by Gasteiger charge is -2.59. The third-order valence-electron chi connectivity index (χ3n) is 8.47. The molecule has 0 unspecified atom stereocenters. The number of carbonyl (C=O) groups is 2. The van der Waals surface area contributed by atoms with Crippen LogP contribution in [0, 0.1) is 28.6 Å².